The Kier molecular flexibility index (Phi) is 4.74. The topological polar surface area (TPSA) is 53.8 Å². The molecule has 27 heavy (non-hydrogen) atoms. The third kappa shape index (κ3) is 3.37. The molecule has 0 spiro atoms. The Labute approximate surface area is 162 Å². The average Bonchev–Trinajstić information content (AvgIpc) is 3.35. The monoisotopic (exact) mass is 382 g/mol. The molecule has 0 unspecified atom stereocenters. The lowest BCUT2D eigenvalue weighted by Gasteiger charge is -2.34. The van der Waals surface area contributed by atoms with Crippen LogP contribution in [0.25, 0.3) is 11.0 Å². The first-order valence-electron chi connectivity index (χ1n) is 9.11. The lowest BCUT2D eigenvalue weighted by atomic mass is 10.0. The number of benzene rings is 1. The van der Waals surface area contributed by atoms with E-state index < -0.39 is 0 Å². The van der Waals surface area contributed by atoms with Gasteiger partial charge >= 0.3 is 0 Å². The van der Waals surface area contributed by atoms with Gasteiger partial charge in [-0.15, -0.1) is 11.3 Å². The quantitative estimate of drug-likeness (QED) is 0.695. The molecule has 140 valence electrons. The smallest absolute Gasteiger partial charge is 0.264 e. The molecular formula is C21H22N2O3S. The lowest BCUT2D eigenvalue weighted by Crippen LogP contribution is -2.50. The summed E-state index contributed by atoms with van der Waals surface area (Å²) in [6.45, 7) is 6.39. The average molecular weight is 382 g/mol. The standard InChI is InChI=1S/C21H22N2O3S/c1-14-5-6-17-16(13-26-20(17)15(14)2)12-19(24)22-7-9-23(10-8-22)21(25)18-4-3-11-27-18/h3-6,11,13H,7-10,12H2,1-2H3. The molecule has 3 heterocycles. The van der Waals surface area contributed by atoms with Crippen LogP contribution in [0.3, 0.4) is 0 Å². The second kappa shape index (κ2) is 7.19. The number of rotatable bonds is 3. The zero-order valence-electron chi connectivity index (χ0n) is 15.5. The third-order valence-corrected chi connectivity index (χ3v) is 6.19. The SMILES string of the molecule is Cc1ccc2c(CC(=O)N3CCN(C(=O)c4cccs4)CC3)coc2c1C. The summed E-state index contributed by atoms with van der Waals surface area (Å²) < 4.78 is 5.72. The number of fused-ring (bicyclic) bond motifs is 1. The fourth-order valence-electron chi connectivity index (χ4n) is 3.52. The molecule has 1 saturated heterocycles. The molecular weight excluding hydrogens is 360 g/mol. The Bertz CT molecular complexity index is 982. The second-order valence-electron chi connectivity index (χ2n) is 6.97. The molecule has 1 fully saturated rings. The highest BCUT2D eigenvalue weighted by Crippen LogP contribution is 2.27. The number of thiophene rings is 1. The Balaban J connectivity index is 1.40. The minimum Gasteiger partial charge on any atom is -0.464 e. The van der Waals surface area contributed by atoms with E-state index in [-0.39, 0.29) is 11.8 Å². The van der Waals surface area contributed by atoms with Crippen LogP contribution in [-0.4, -0.2) is 47.8 Å². The maximum Gasteiger partial charge on any atom is 0.264 e. The van der Waals surface area contributed by atoms with Crippen molar-refractivity contribution in [2.45, 2.75) is 20.3 Å². The van der Waals surface area contributed by atoms with Crippen LogP contribution in [0.15, 0.2) is 40.3 Å². The molecule has 4 rings (SSSR count). The van der Waals surface area contributed by atoms with Crippen molar-refractivity contribution in [1.82, 2.24) is 9.80 Å². The van der Waals surface area contributed by atoms with Crippen LogP contribution in [0.1, 0.15) is 26.4 Å². The molecule has 2 aromatic heterocycles. The first-order valence-corrected chi connectivity index (χ1v) is 9.99. The van der Waals surface area contributed by atoms with Crippen molar-refractivity contribution in [3.63, 3.8) is 0 Å². The summed E-state index contributed by atoms with van der Waals surface area (Å²) in [7, 11) is 0. The Morgan fingerprint density at radius 1 is 1.07 bits per heavy atom. The number of nitrogens with zero attached hydrogens (tertiary/aromatic N) is 2. The van der Waals surface area contributed by atoms with Gasteiger partial charge < -0.3 is 14.2 Å². The molecule has 0 aliphatic carbocycles. The van der Waals surface area contributed by atoms with Gasteiger partial charge in [0, 0.05) is 37.1 Å². The number of hydrogen-bond donors (Lipinski definition) is 0. The van der Waals surface area contributed by atoms with Crippen LogP contribution in [0, 0.1) is 13.8 Å². The summed E-state index contributed by atoms with van der Waals surface area (Å²) in [6, 6.07) is 7.83. The Morgan fingerprint density at radius 3 is 2.52 bits per heavy atom. The van der Waals surface area contributed by atoms with Crippen molar-refractivity contribution in [2.24, 2.45) is 0 Å². The fraction of sp³-hybridized carbons (Fsp3) is 0.333. The Hall–Kier alpha value is -2.60. The second-order valence-corrected chi connectivity index (χ2v) is 7.92. The van der Waals surface area contributed by atoms with Gasteiger partial charge in [-0.05, 0) is 36.4 Å². The number of piperazine rings is 1. The van der Waals surface area contributed by atoms with Gasteiger partial charge in [0.25, 0.3) is 5.91 Å². The minimum atomic E-state index is 0.0590. The van der Waals surface area contributed by atoms with Crippen LogP contribution in [0.4, 0.5) is 0 Å². The van der Waals surface area contributed by atoms with Gasteiger partial charge in [0.2, 0.25) is 5.91 Å². The number of carbonyl (C=O) groups excluding carboxylic acids is 2. The normalized spacial score (nSPS) is 14.7. The van der Waals surface area contributed by atoms with E-state index in [0.717, 1.165) is 27.0 Å². The van der Waals surface area contributed by atoms with Gasteiger partial charge in [0.1, 0.15) is 5.58 Å². The summed E-state index contributed by atoms with van der Waals surface area (Å²) in [5.41, 5.74) is 4.09. The maximum atomic E-state index is 12.7. The van der Waals surface area contributed by atoms with Crippen molar-refractivity contribution in [1.29, 1.82) is 0 Å². The zero-order valence-corrected chi connectivity index (χ0v) is 16.3. The van der Waals surface area contributed by atoms with E-state index in [9.17, 15) is 9.59 Å². The van der Waals surface area contributed by atoms with E-state index in [1.54, 1.807) is 6.26 Å². The predicted octanol–water partition coefficient (Wildman–Crippen LogP) is 3.64. The molecule has 0 N–H and O–H groups in total. The van der Waals surface area contributed by atoms with Crippen LogP contribution in [0.5, 0.6) is 0 Å². The summed E-state index contributed by atoms with van der Waals surface area (Å²) >= 11 is 1.46. The molecule has 6 heteroatoms. The van der Waals surface area contributed by atoms with Crippen LogP contribution in [0.2, 0.25) is 0 Å². The Morgan fingerprint density at radius 2 is 1.81 bits per heavy atom. The van der Waals surface area contributed by atoms with Crippen LogP contribution < -0.4 is 0 Å². The van der Waals surface area contributed by atoms with Crippen molar-refractivity contribution in [3.05, 3.63) is 57.5 Å². The van der Waals surface area contributed by atoms with Gasteiger partial charge in [0.15, 0.2) is 0 Å². The molecule has 0 saturated carbocycles. The van der Waals surface area contributed by atoms with Crippen molar-refractivity contribution < 1.29 is 14.0 Å². The first-order chi connectivity index (χ1) is 13.0. The minimum absolute atomic E-state index is 0.0590. The summed E-state index contributed by atoms with van der Waals surface area (Å²) in [5, 5.41) is 2.92. The number of aryl methyl sites for hydroxylation is 2. The summed E-state index contributed by atoms with van der Waals surface area (Å²) in [4.78, 5) is 29.6. The molecule has 2 amide bonds. The van der Waals surface area contributed by atoms with E-state index in [4.69, 9.17) is 4.42 Å². The number of amides is 2. The van der Waals surface area contributed by atoms with Crippen LogP contribution >= 0.6 is 11.3 Å². The van der Waals surface area contributed by atoms with Gasteiger partial charge in [-0.25, -0.2) is 0 Å². The van der Waals surface area contributed by atoms with Gasteiger partial charge in [-0.1, -0.05) is 18.2 Å². The molecule has 1 aliphatic rings. The highest BCUT2D eigenvalue weighted by Gasteiger charge is 2.26. The van der Waals surface area contributed by atoms with Gasteiger partial charge in [-0.3, -0.25) is 9.59 Å². The van der Waals surface area contributed by atoms with E-state index in [1.807, 2.05) is 40.3 Å². The van der Waals surface area contributed by atoms with Gasteiger partial charge in [0.05, 0.1) is 17.6 Å². The predicted molar refractivity (Wildman–Crippen MR) is 106 cm³/mol. The lowest BCUT2D eigenvalue weighted by molar-refractivity contribution is -0.131. The van der Waals surface area contributed by atoms with E-state index in [0.29, 0.717) is 32.6 Å². The highest BCUT2D eigenvalue weighted by molar-refractivity contribution is 7.12. The van der Waals surface area contributed by atoms with Crippen molar-refractivity contribution in [2.75, 3.05) is 26.2 Å². The zero-order chi connectivity index (χ0) is 19.0. The van der Waals surface area contributed by atoms with E-state index in [1.165, 1.54) is 16.9 Å². The van der Waals surface area contributed by atoms with Gasteiger partial charge in [-0.2, -0.15) is 0 Å². The first kappa shape index (κ1) is 17.8. The third-order valence-electron chi connectivity index (χ3n) is 5.33. The molecule has 1 aliphatic heterocycles. The molecule has 0 bridgehead atoms. The molecule has 3 aromatic rings. The molecule has 0 radical (unpaired) electrons. The summed E-state index contributed by atoms with van der Waals surface area (Å²) in [5.74, 6) is 0.142. The number of furan rings is 1. The van der Waals surface area contributed by atoms with Crippen molar-refractivity contribution >= 4 is 34.1 Å². The van der Waals surface area contributed by atoms with Crippen molar-refractivity contribution in [3.8, 4) is 0 Å². The highest BCUT2D eigenvalue weighted by atomic mass is 32.1. The fourth-order valence-corrected chi connectivity index (χ4v) is 4.21. The number of carbonyl (C=O) groups is 2. The summed E-state index contributed by atoms with van der Waals surface area (Å²) in [6.07, 6.45) is 2.03. The van der Waals surface area contributed by atoms with Crippen LogP contribution in [-0.2, 0) is 11.2 Å². The molecule has 1 aromatic carbocycles. The van der Waals surface area contributed by atoms with E-state index in [2.05, 4.69) is 13.0 Å². The maximum absolute atomic E-state index is 12.7. The number of hydrogen-bond acceptors (Lipinski definition) is 4. The largest absolute Gasteiger partial charge is 0.464 e. The molecule has 5 nitrogen and oxygen atoms in total. The molecule has 0 atom stereocenters. The van der Waals surface area contributed by atoms with E-state index >= 15 is 0 Å².